The number of fused-ring (bicyclic) bond motifs is 3. The van der Waals surface area contributed by atoms with Crippen LogP contribution in [0.15, 0.2) is 23.0 Å². The number of rotatable bonds is 1. The van der Waals surface area contributed by atoms with E-state index in [1.54, 1.807) is 17.4 Å². The van der Waals surface area contributed by atoms with Crippen molar-refractivity contribution in [3.8, 4) is 22.9 Å². The largest absolute Gasteiger partial charge is 0.504 e. The van der Waals surface area contributed by atoms with Crippen molar-refractivity contribution < 1.29 is 10.2 Å². The molecule has 3 aromatic rings. The number of aryl methyl sites for hydroxylation is 1. The Morgan fingerprint density at radius 2 is 2.13 bits per heavy atom. The van der Waals surface area contributed by atoms with Gasteiger partial charge in [-0.05, 0) is 48.9 Å². The number of nitrogens with one attached hydrogen (secondary N) is 1. The normalized spacial score (nSPS) is 17.3. The lowest BCUT2D eigenvalue weighted by atomic mass is 9.88. The van der Waals surface area contributed by atoms with Gasteiger partial charge in [0.2, 0.25) is 0 Å². The Morgan fingerprint density at radius 3 is 2.91 bits per heavy atom. The molecular weight excluding hydrogens is 312 g/mol. The van der Waals surface area contributed by atoms with Crippen molar-refractivity contribution in [2.24, 2.45) is 0 Å². The molecule has 1 unspecified atom stereocenters. The summed E-state index contributed by atoms with van der Waals surface area (Å²) in [5.74, 6) is 0.366. The van der Waals surface area contributed by atoms with E-state index in [0.29, 0.717) is 22.7 Å². The van der Waals surface area contributed by atoms with Crippen LogP contribution in [0.4, 0.5) is 0 Å². The fraction of sp³-hybridized carbons (Fsp3) is 0.294. The summed E-state index contributed by atoms with van der Waals surface area (Å²) in [6.45, 7) is 2.16. The first-order valence-electron chi connectivity index (χ1n) is 7.62. The molecule has 4 rings (SSSR count). The topological polar surface area (TPSA) is 86.2 Å². The van der Waals surface area contributed by atoms with Gasteiger partial charge in [0.15, 0.2) is 11.5 Å². The van der Waals surface area contributed by atoms with Gasteiger partial charge in [0.05, 0.1) is 5.39 Å². The molecule has 1 aliphatic carbocycles. The van der Waals surface area contributed by atoms with Crippen LogP contribution >= 0.6 is 11.3 Å². The van der Waals surface area contributed by atoms with Crippen LogP contribution in [0.2, 0.25) is 0 Å². The Bertz CT molecular complexity index is 974. The van der Waals surface area contributed by atoms with Gasteiger partial charge in [-0.15, -0.1) is 11.3 Å². The van der Waals surface area contributed by atoms with Crippen molar-refractivity contribution >= 4 is 21.6 Å². The maximum Gasteiger partial charge on any atom is 0.260 e. The Kier molecular flexibility index (Phi) is 3.16. The van der Waals surface area contributed by atoms with Crippen molar-refractivity contribution in [3.05, 3.63) is 39.0 Å². The number of hydrogen-bond donors (Lipinski definition) is 3. The summed E-state index contributed by atoms with van der Waals surface area (Å²) < 4.78 is 0. The Hall–Kier alpha value is -2.34. The van der Waals surface area contributed by atoms with E-state index in [1.807, 2.05) is 0 Å². The molecule has 23 heavy (non-hydrogen) atoms. The van der Waals surface area contributed by atoms with E-state index in [-0.39, 0.29) is 17.1 Å². The maximum atomic E-state index is 12.6. The number of nitrogens with zero attached hydrogens (tertiary/aromatic N) is 1. The third-order valence-electron chi connectivity index (χ3n) is 4.46. The van der Waals surface area contributed by atoms with E-state index < -0.39 is 0 Å². The van der Waals surface area contributed by atoms with E-state index in [0.717, 1.165) is 29.7 Å². The molecule has 1 atom stereocenters. The SMILES string of the molecule is CC1CCCc2sc3nc(-c4ccc(O)c(O)c4)[nH]c(=O)c3c21. The predicted octanol–water partition coefficient (Wildman–Crippen LogP) is 3.50. The van der Waals surface area contributed by atoms with Crippen LogP contribution in [0.5, 0.6) is 11.5 Å². The number of benzene rings is 1. The highest BCUT2D eigenvalue weighted by Crippen LogP contribution is 2.40. The zero-order valence-corrected chi connectivity index (χ0v) is 13.4. The number of aromatic nitrogens is 2. The van der Waals surface area contributed by atoms with Gasteiger partial charge in [-0.3, -0.25) is 4.79 Å². The van der Waals surface area contributed by atoms with Gasteiger partial charge >= 0.3 is 0 Å². The monoisotopic (exact) mass is 328 g/mol. The zero-order chi connectivity index (χ0) is 16.1. The Morgan fingerprint density at radius 1 is 1.30 bits per heavy atom. The highest BCUT2D eigenvalue weighted by atomic mass is 32.1. The maximum absolute atomic E-state index is 12.6. The number of phenolic OH excluding ortho intramolecular Hbond substituents is 2. The third kappa shape index (κ3) is 2.21. The van der Waals surface area contributed by atoms with Gasteiger partial charge in [0.25, 0.3) is 5.56 Å². The lowest BCUT2D eigenvalue weighted by Crippen LogP contribution is -2.12. The third-order valence-corrected chi connectivity index (χ3v) is 5.62. The lowest BCUT2D eigenvalue weighted by Gasteiger charge is -2.18. The van der Waals surface area contributed by atoms with Crippen molar-refractivity contribution in [1.82, 2.24) is 9.97 Å². The van der Waals surface area contributed by atoms with Crippen LogP contribution in [-0.4, -0.2) is 20.2 Å². The average molecular weight is 328 g/mol. The van der Waals surface area contributed by atoms with Crippen molar-refractivity contribution in [2.75, 3.05) is 0 Å². The van der Waals surface area contributed by atoms with E-state index in [2.05, 4.69) is 16.9 Å². The predicted molar refractivity (Wildman–Crippen MR) is 90.4 cm³/mol. The molecule has 118 valence electrons. The second-order valence-corrected chi connectivity index (χ2v) is 7.11. The summed E-state index contributed by atoms with van der Waals surface area (Å²) in [5.41, 5.74) is 1.59. The van der Waals surface area contributed by atoms with Gasteiger partial charge in [0, 0.05) is 10.4 Å². The molecule has 1 aliphatic rings. The minimum atomic E-state index is -0.232. The first kappa shape index (κ1) is 14.3. The molecular formula is C17H16N2O3S. The Labute approximate surface area is 136 Å². The van der Waals surface area contributed by atoms with E-state index in [9.17, 15) is 15.0 Å². The van der Waals surface area contributed by atoms with Gasteiger partial charge in [-0.1, -0.05) is 6.92 Å². The second-order valence-electron chi connectivity index (χ2n) is 6.03. The number of aromatic amines is 1. The van der Waals surface area contributed by atoms with Crippen LogP contribution in [-0.2, 0) is 6.42 Å². The molecule has 1 aromatic carbocycles. The molecule has 2 aromatic heterocycles. The minimum Gasteiger partial charge on any atom is -0.504 e. The summed E-state index contributed by atoms with van der Waals surface area (Å²) in [6, 6.07) is 4.40. The molecule has 0 saturated carbocycles. The molecule has 0 fully saturated rings. The van der Waals surface area contributed by atoms with Crippen LogP contribution in [0, 0.1) is 0 Å². The molecule has 0 bridgehead atoms. The molecule has 5 nitrogen and oxygen atoms in total. The van der Waals surface area contributed by atoms with E-state index in [4.69, 9.17) is 0 Å². The Balaban J connectivity index is 1.94. The van der Waals surface area contributed by atoms with Crippen LogP contribution in [0.1, 0.15) is 36.1 Å². The smallest absolute Gasteiger partial charge is 0.260 e. The number of phenols is 2. The van der Waals surface area contributed by atoms with E-state index >= 15 is 0 Å². The lowest BCUT2D eigenvalue weighted by molar-refractivity contribution is 0.404. The molecule has 0 aliphatic heterocycles. The fourth-order valence-electron chi connectivity index (χ4n) is 3.30. The fourth-order valence-corrected chi connectivity index (χ4v) is 4.64. The molecule has 2 heterocycles. The van der Waals surface area contributed by atoms with Gasteiger partial charge in [-0.25, -0.2) is 4.98 Å². The summed E-state index contributed by atoms with van der Waals surface area (Å²) in [4.78, 5) is 22.0. The van der Waals surface area contributed by atoms with Gasteiger partial charge < -0.3 is 15.2 Å². The summed E-state index contributed by atoms with van der Waals surface area (Å²) in [5, 5.41) is 19.8. The zero-order valence-electron chi connectivity index (χ0n) is 12.6. The van der Waals surface area contributed by atoms with Crippen molar-refractivity contribution in [1.29, 1.82) is 0 Å². The first-order valence-corrected chi connectivity index (χ1v) is 8.44. The molecule has 0 spiro atoms. The quantitative estimate of drug-likeness (QED) is 0.597. The standard InChI is InChI=1S/C17H16N2O3S/c1-8-3-2-4-12-13(8)14-16(22)18-15(19-17(14)23-12)9-5-6-10(20)11(21)7-9/h5-8,20-21H,2-4H2,1H3,(H,18,19,22). The molecule has 0 amide bonds. The van der Waals surface area contributed by atoms with E-state index in [1.165, 1.54) is 17.0 Å². The molecule has 6 heteroatoms. The first-order chi connectivity index (χ1) is 11.0. The van der Waals surface area contributed by atoms with Gasteiger partial charge in [-0.2, -0.15) is 0 Å². The highest BCUT2D eigenvalue weighted by Gasteiger charge is 2.24. The number of hydrogen-bond acceptors (Lipinski definition) is 5. The minimum absolute atomic E-state index is 0.135. The second kappa shape index (κ2) is 5.09. The van der Waals surface area contributed by atoms with Crippen LogP contribution < -0.4 is 5.56 Å². The van der Waals surface area contributed by atoms with Gasteiger partial charge in [0.1, 0.15) is 10.7 Å². The number of thiophene rings is 1. The number of aromatic hydroxyl groups is 2. The van der Waals surface area contributed by atoms with Crippen molar-refractivity contribution in [2.45, 2.75) is 32.1 Å². The van der Waals surface area contributed by atoms with Crippen LogP contribution in [0.25, 0.3) is 21.6 Å². The summed E-state index contributed by atoms with van der Waals surface area (Å²) in [7, 11) is 0. The number of H-pyrrole nitrogens is 1. The highest BCUT2D eigenvalue weighted by molar-refractivity contribution is 7.18. The van der Waals surface area contributed by atoms with Crippen molar-refractivity contribution in [3.63, 3.8) is 0 Å². The molecule has 0 saturated heterocycles. The summed E-state index contributed by atoms with van der Waals surface area (Å²) in [6.07, 6.45) is 3.26. The van der Waals surface area contributed by atoms with Crippen LogP contribution in [0.3, 0.4) is 0 Å². The molecule has 0 radical (unpaired) electrons. The average Bonchev–Trinajstić information content (AvgIpc) is 2.90. The summed E-state index contributed by atoms with van der Waals surface area (Å²) >= 11 is 1.59. The molecule has 3 N–H and O–H groups in total.